The normalized spacial score (nSPS) is 15.1. The van der Waals surface area contributed by atoms with Gasteiger partial charge in [-0.1, -0.05) is 18.2 Å². The molecule has 0 radical (unpaired) electrons. The smallest absolute Gasteiger partial charge is 0.311 e. The molecule has 0 spiro atoms. The van der Waals surface area contributed by atoms with Crippen LogP contribution in [0.25, 0.3) is 0 Å². The fourth-order valence-corrected chi connectivity index (χ4v) is 3.34. The van der Waals surface area contributed by atoms with Gasteiger partial charge in [-0.15, -0.1) is 0 Å². The summed E-state index contributed by atoms with van der Waals surface area (Å²) in [5.41, 5.74) is 4.08. The van der Waals surface area contributed by atoms with Gasteiger partial charge in [0.25, 0.3) is 11.8 Å². The van der Waals surface area contributed by atoms with E-state index in [9.17, 15) is 19.2 Å². The fourth-order valence-electron chi connectivity index (χ4n) is 3.34. The van der Waals surface area contributed by atoms with Crippen molar-refractivity contribution in [1.82, 2.24) is 10.4 Å². The SMILES string of the molecule is COc1ccc(OC)c(NC(=O)COC(=O)[C@@H]2CC(=O)N(NC(=O)c3ccccc3C)C2)c1. The summed E-state index contributed by atoms with van der Waals surface area (Å²) in [7, 11) is 2.95. The lowest BCUT2D eigenvalue weighted by Gasteiger charge is -2.18. The van der Waals surface area contributed by atoms with Gasteiger partial charge in [0.15, 0.2) is 6.61 Å². The lowest BCUT2D eigenvalue weighted by atomic mass is 10.1. The average Bonchev–Trinajstić information content (AvgIpc) is 3.17. The van der Waals surface area contributed by atoms with Crippen molar-refractivity contribution < 1.29 is 33.4 Å². The predicted octanol–water partition coefficient (Wildman–Crippen LogP) is 1.69. The molecule has 174 valence electrons. The van der Waals surface area contributed by atoms with Gasteiger partial charge in [0.2, 0.25) is 5.91 Å². The number of anilines is 1. The molecule has 2 aromatic rings. The van der Waals surface area contributed by atoms with Crippen molar-refractivity contribution in [3.63, 3.8) is 0 Å². The molecule has 33 heavy (non-hydrogen) atoms. The first kappa shape index (κ1) is 23.6. The number of carbonyl (C=O) groups excluding carboxylic acids is 4. The molecule has 10 heteroatoms. The Hall–Kier alpha value is -4.08. The monoisotopic (exact) mass is 455 g/mol. The molecule has 0 aliphatic carbocycles. The van der Waals surface area contributed by atoms with Crippen LogP contribution in [0.15, 0.2) is 42.5 Å². The Morgan fingerprint density at radius 3 is 2.55 bits per heavy atom. The van der Waals surface area contributed by atoms with E-state index < -0.39 is 36.2 Å². The molecule has 2 N–H and O–H groups in total. The topological polar surface area (TPSA) is 123 Å². The molecule has 1 atom stereocenters. The second kappa shape index (κ2) is 10.5. The first-order valence-electron chi connectivity index (χ1n) is 10.2. The fraction of sp³-hybridized carbons (Fsp3) is 0.304. The highest BCUT2D eigenvalue weighted by Gasteiger charge is 2.36. The van der Waals surface area contributed by atoms with E-state index in [1.807, 2.05) is 0 Å². The van der Waals surface area contributed by atoms with Crippen LogP contribution in [0.1, 0.15) is 22.3 Å². The second-order valence-corrected chi connectivity index (χ2v) is 7.38. The van der Waals surface area contributed by atoms with Gasteiger partial charge in [-0.25, -0.2) is 0 Å². The summed E-state index contributed by atoms with van der Waals surface area (Å²) in [5, 5.41) is 3.69. The summed E-state index contributed by atoms with van der Waals surface area (Å²) >= 11 is 0. The van der Waals surface area contributed by atoms with Gasteiger partial charge in [0.1, 0.15) is 11.5 Å². The number of nitrogens with zero attached hydrogens (tertiary/aromatic N) is 1. The third-order valence-corrected chi connectivity index (χ3v) is 5.11. The zero-order valence-corrected chi connectivity index (χ0v) is 18.5. The van der Waals surface area contributed by atoms with Crippen LogP contribution in [0.4, 0.5) is 5.69 Å². The number of amides is 3. The number of hydrogen-bond acceptors (Lipinski definition) is 7. The molecule has 1 saturated heterocycles. The number of hydrazine groups is 1. The molecule has 1 fully saturated rings. The zero-order valence-electron chi connectivity index (χ0n) is 18.5. The van der Waals surface area contributed by atoms with Crippen LogP contribution in [0, 0.1) is 12.8 Å². The van der Waals surface area contributed by atoms with Gasteiger partial charge < -0.3 is 19.5 Å². The van der Waals surface area contributed by atoms with Crippen molar-refractivity contribution in [2.24, 2.45) is 5.92 Å². The van der Waals surface area contributed by atoms with E-state index in [0.29, 0.717) is 22.7 Å². The van der Waals surface area contributed by atoms with Gasteiger partial charge in [-0.05, 0) is 30.7 Å². The van der Waals surface area contributed by atoms with Gasteiger partial charge >= 0.3 is 5.97 Å². The number of nitrogens with one attached hydrogen (secondary N) is 2. The molecule has 0 unspecified atom stereocenters. The average molecular weight is 455 g/mol. The Morgan fingerprint density at radius 2 is 1.85 bits per heavy atom. The molecular weight excluding hydrogens is 430 g/mol. The van der Waals surface area contributed by atoms with Crippen LogP contribution in [-0.2, 0) is 19.1 Å². The van der Waals surface area contributed by atoms with Crippen molar-refractivity contribution in [1.29, 1.82) is 0 Å². The number of ether oxygens (including phenoxy) is 3. The number of hydrogen-bond donors (Lipinski definition) is 2. The van der Waals surface area contributed by atoms with Gasteiger partial charge in [0, 0.05) is 18.1 Å². The van der Waals surface area contributed by atoms with E-state index >= 15 is 0 Å². The Morgan fingerprint density at radius 1 is 1.09 bits per heavy atom. The van der Waals surface area contributed by atoms with Gasteiger partial charge in [-0.3, -0.25) is 29.6 Å². The van der Waals surface area contributed by atoms with Crippen molar-refractivity contribution >= 4 is 29.4 Å². The van der Waals surface area contributed by atoms with E-state index in [4.69, 9.17) is 14.2 Å². The molecule has 2 aromatic carbocycles. The van der Waals surface area contributed by atoms with Crippen molar-refractivity contribution in [2.75, 3.05) is 32.7 Å². The quantitative estimate of drug-likeness (QED) is 0.581. The van der Waals surface area contributed by atoms with E-state index in [1.54, 1.807) is 49.4 Å². The van der Waals surface area contributed by atoms with E-state index in [0.717, 1.165) is 10.6 Å². The predicted molar refractivity (Wildman–Crippen MR) is 118 cm³/mol. The Balaban J connectivity index is 1.52. The molecular formula is C23H25N3O7. The van der Waals surface area contributed by atoms with Crippen molar-refractivity contribution in [3.05, 3.63) is 53.6 Å². The van der Waals surface area contributed by atoms with Gasteiger partial charge in [0.05, 0.1) is 32.4 Å². The summed E-state index contributed by atoms with van der Waals surface area (Å²) < 4.78 is 15.4. The number of rotatable bonds is 8. The van der Waals surface area contributed by atoms with E-state index in [-0.39, 0.29) is 13.0 Å². The van der Waals surface area contributed by atoms with E-state index in [1.165, 1.54) is 14.2 Å². The largest absolute Gasteiger partial charge is 0.497 e. The van der Waals surface area contributed by atoms with Gasteiger partial charge in [-0.2, -0.15) is 0 Å². The van der Waals surface area contributed by atoms with Crippen LogP contribution in [0.3, 0.4) is 0 Å². The van der Waals surface area contributed by atoms with E-state index in [2.05, 4.69) is 10.7 Å². The molecule has 0 bridgehead atoms. The Bertz CT molecular complexity index is 1070. The van der Waals surface area contributed by atoms with Crippen molar-refractivity contribution in [2.45, 2.75) is 13.3 Å². The minimum Gasteiger partial charge on any atom is -0.497 e. The molecule has 0 aromatic heterocycles. The minimum atomic E-state index is -0.797. The highest BCUT2D eigenvalue weighted by molar-refractivity contribution is 5.98. The number of benzene rings is 2. The van der Waals surface area contributed by atoms with Crippen LogP contribution >= 0.6 is 0 Å². The van der Waals surface area contributed by atoms with Crippen LogP contribution in [0.5, 0.6) is 11.5 Å². The molecule has 0 saturated carbocycles. The number of esters is 1. The summed E-state index contributed by atoms with van der Waals surface area (Å²) in [5.74, 6) is -2.01. The maximum Gasteiger partial charge on any atom is 0.311 e. The number of carbonyl (C=O) groups is 4. The second-order valence-electron chi connectivity index (χ2n) is 7.38. The first-order chi connectivity index (χ1) is 15.8. The summed E-state index contributed by atoms with van der Waals surface area (Å²) in [4.78, 5) is 49.3. The number of methoxy groups -OCH3 is 2. The van der Waals surface area contributed by atoms with Crippen molar-refractivity contribution in [3.8, 4) is 11.5 Å². The lowest BCUT2D eigenvalue weighted by molar-refractivity contribution is -0.151. The Labute approximate surface area is 190 Å². The molecule has 1 aliphatic rings. The lowest BCUT2D eigenvalue weighted by Crippen LogP contribution is -2.43. The highest BCUT2D eigenvalue weighted by atomic mass is 16.5. The molecule has 1 aliphatic heterocycles. The standard InChI is InChI=1S/C23H25N3O7/c1-14-6-4-5-7-17(14)22(29)25-26-12-15(10-21(26)28)23(30)33-13-20(27)24-18-11-16(31-2)8-9-19(18)32-3/h4-9,11,15H,10,12-13H2,1-3H3,(H,24,27)(H,25,29)/t15-/m1/s1. The third kappa shape index (κ3) is 5.79. The third-order valence-electron chi connectivity index (χ3n) is 5.11. The summed E-state index contributed by atoms with van der Waals surface area (Å²) in [6.07, 6.45) is -0.127. The molecule has 3 rings (SSSR count). The maximum absolute atomic E-state index is 12.4. The van der Waals surface area contributed by atoms with Crippen LogP contribution in [-0.4, -0.2) is 56.1 Å². The number of aryl methyl sites for hydroxylation is 1. The first-order valence-corrected chi connectivity index (χ1v) is 10.2. The van der Waals surface area contributed by atoms with Crippen LogP contribution in [0.2, 0.25) is 0 Å². The summed E-state index contributed by atoms with van der Waals surface area (Å²) in [6, 6.07) is 11.8. The molecule has 1 heterocycles. The molecule has 10 nitrogen and oxygen atoms in total. The molecule has 3 amide bonds. The Kier molecular flexibility index (Phi) is 7.50. The maximum atomic E-state index is 12.4. The summed E-state index contributed by atoms with van der Waals surface area (Å²) in [6.45, 7) is 1.20. The van der Waals surface area contributed by atoms with Crippen LogP contribution < -0.4 is 20.2 Å². The zero-order chi connectivity index (χ0) is 24.0. The highest BCUT2D eigenvalue weighted by Crippen LogP contribution is 2.28. The minimum absolute atomic E-state index is 0.0411.